The van der Waals surface area contributed by atoms with Gasteiger partial charge in [-0.1, -0.05) is 18.2 Å². The maximum absolute atomic E-state index is 12.4. The van der Waals surface area contributed by atoms with E-state index in [1.165, 1.54) is 0 Å². The summed E-state index contributed by atoms with van der Waals surface area (Å²) in [5.41, 5.74) is 1.43. The topological polar surface area (TPSA) is 79.2 Å². The number of aromatic nitrogens is 5. The Labute approximate surface area is 143 Å². The first kappa shape index (κ1) is 14.2. The van der Waals surface area contributed by atoms with Gasteiger partial charge in [-0.3, -0.25) is 9.20 Å². The quantitative estimate of drug-likeness (QED) is 0.609. The van der Waals surface area contributed by atoms with Crippen LogP contribution in [-0.4, -0.2) is 31.1 Å². The lowest BCUT2D eigenvalue weighted by Crippen LogP contribution is -2.28. The number of pyridine rings is 1. The Morgan fingerprint density at radius 2 is 1.96 bits per heavy atom. The summed E-state index contributed by atoms with van der Waals surface area (Å²) in [6.45, 7) is 0.858. The van der Waals surface area contributed by atoms with E-state index in [9.17, 15) is 4.79 Å². The zero-order valence-electron chi connectivity index (χ0n) is 13.5. The second-order valence-corrected chi connectivity index (χ2v) is 6.25. The molecule has 5 rings (SSSR count). The van der Waals surface area contributed by atoms with E-state index in [4.69, 9.17) is 4.98 Å². The minimum Gasteiger partial charge on any atom is -0.330 e. The molecule has 0 bridgehead atoms. The highest BCUT2D eigenvalue weighted by atomic mass is 16.1. The lowest BCUT2D eigenvalue weighted by Gasteiger charge is -2.23. The van der Waals surface area contributed by atoms with E-state index in [0.717, 1.165) is 36.5 Å². The van der Waals surface area contributed by atoms with Crippen LogP contribution in [-0.2, 0) is 0 Å². The van der Waals surface area contributed by atoms with Crippen LogP contribution < -0.4 is 10.5 Å². The number of hydrogen-bond donors (Lipinski definition) is 1. The van der Waals surface area contributed by atoms with Crippen molar-refractivity contribution in [3.05, 3.63) is 64.8 Å². The Hall–Kier alpha value is -3.22. The first-order valence-corrected chi connectivity index (χ1v) is 8.36. The zero-order valence-corrected chi connectivity index (χ0v) is 13.5. The minimum absolute atomic E-state index is 0.00934. The number of anilines is 1. The van der Waals surface area contributed by atoms with E-state index < -0.39 is 0 Å². The van der Waals surface area contributed by atoms with Gasteiger partial charge in [-0.05, 0) is 37.1 Å². The largest absolute Gasteiger partial charge is 0.330 e. The van der Waals surface area contributed by atoms with Gasteiger partial charge in [0.1, 0.15) is 5.82 Å². The van der Waals surface area contributed by atoms with Crippen LogP contribution in [0.1, 0.15) is 24.7 Å². The van der Waals surface area contributed by atoms with Gasteiger partial charge in [0.2, 0.25) is 5.95 Å². The lowest BCUT2D eigenvalue weighted by atomic mass is 10.2. The average Bonchev–Trinajstić information content (AvgIpc) is 3.28. The van der Waals surface area contributed by atoms with Gasteiger partial charge in [0.25, 0.3) is 5.56 Å². The molecule has 0 spiro atoms. The first-order valence-electron chi connectivity index (χ1n) is 8.36. The van der Waals surface area contributed by atoms with Gasteiger partial charge < -0.3 is 9.88 Å². The fourth-order valence-corrected chi connectivity index (χ4v) is 3.58. The van der Waals surface area contributed by atoms with E-state index in [-0.39, 0.29) is 11.6 Å². The van der Waals surface area contributed by atoms with Gasteiger partial charge in [-0.25, -0.2) is 4.98 Å². The van der Waals surface area contributed by atoms with Crippen molar-refractivity contribution in [2.45, 2.75) is 18.9 Å². The summed E-state index contributed by atoms with van der Waals surface area (Å²) in [5, 5.41) is 9.21. The van der Waals surface area contributed by atoms with E-state index >= 15 is 0 Å². The van der Waals surface area contributed by atoms with Crippen LogP contribution in [0, 0.1) is 0 Å². The Balaban J connectivity index is 1.63. The molecule has 124 valence electrons. The summed E-state index contributed by atoms with van der Waals surface area (Å²) >= 11 is 0. The Kier molecular flexibility index (Phi) is 3.06. The Morgan fingerprint density at radius 1 is 1.08 bits per heavy atom. The van der Waals surface area contributed by atoms with Crippen molar-refractivity contribution in [3.63, 3.8) is 0 Å². The monoisotopic (exact) mass is 332 g/mol. The molecule has 7 nitrogen and oxygen atoms in total. The molecular formula is C18H16N6O. The van der Waals surface area contributed by atoms with Gasteiger partial charge in [-0.2, -0.15) is 0 Å². The second kappa shape index (κ2) is 5.41. The number of H-pyrrole nitrogens is 1. The molecular weight excluding hydrogens is 316 g/mol. The summed E-state index contributed by atoms with van der Waals surface area (Å²) in [4.78, 5) is 22.3. The molecule has 0 amide bonds. The van der Waals surface area contributed by atoms with E-state index in [1.54, 1.807) is 6.07 Å². The third kappa shape index (κ3) is 2.20. The number of hydrogen-bond acceptors (Lipinski definition) is 5. The van der Waals surface area contributed by atoms with Crippen LogP contribution >= 0.6 is 0 Å². The number of benzene rings is 1. The summed E-state index contributed by atoms with van der Waals surface area (Å²) < 4.78 is 1.97. The SMILES string of the molecule is O=c1[nH]c(C2CCCN2c2nnc3ccccn23)nc2ccccc12. The predicted octanol–water partition coefficient (Wildman–Crippen LogP) is 2.31. The Morgan fingerprint density at radius 3 is 2.92 bits per heavy atom. The van der Waals surface area contributed by atoms with Gasteiger partial charge in [0.15, 0.2) is 5.65 Å². The molecule has 7 heteroatoms. The molecule has 25 heavy (non-hydrogen) atoms. The normalized spacial score (nSPS) is 17.6. The third-order valence-corrected chi connectivity index (χ3v) is 4.75. The van der Waals surface area contributed by atoms with E-state index in [1.807, 2.05) is 47.0 Å². The van der Waals surface area contributed by atoms with Gasteiger partial charge in [-0.15, -0.1) is 10.2 Å². The predicted molar refractivity (Wildman–Crippen MR) is 94.7 cm³/mol. The fraction of sp³-hybridized carbons (Fsp3) is 0.222. The molecule has 0 saturated carbocycles. The summed E-state index contributed by atoms with van der Waals surface area (Å²) in [7, 11) is 0. The molecule has 1 fully saturated rings. The molecule has 1 atom stereocenters. The number of aromatic amines is 1. The number of para-hydroxylation sites is 1. The third-order valence-electron chi connectivity index (χ3n) is 4.75. The highest BCUT2D eigenvalue weighted by Gasteiger charge is 2.31. The highest BCUT2D eigenvalue weighted by Crippen LogP contribution is 2.33. The van der Waals surface area contributed by atoms with Gasteiger partial charge in [0, 0.05) is 12.7 Å². The molecule has 1 saturated heterocycles. The first-order chi connectivity index (χ1) is 12.3. The minimum atomic E-state index is -0.0986. The number of fused-ring (bicyclic) bond motifs is 2. The highest BCUT2D eigenvalue weighted by molar-refractivity contribution is 5.77. The summed E-state index contributed by atoms with van der Waals surface area (Å²) in [6, 6.07) is 13.2. The fourth-order valence-electron chi connectivity index (χ4n) is 3.58. The maximum atomic E-state index is 12.4. The zero-order chi connectivity index (χ0) is 16.8. The van der Waals surface area contributed by atoms with Crippen LogP contribution in [0.15, 0.2) is 53.5 Å². The maximum Gasteiger partial charge on any atom is 0.258 e. The van der Waals surface area contributed by atoms with Gasteiger partial charge in [0.05, 0.1) is 16.9 Å². The van der Waals surface area contributed by atoms with Gasteiger partial charge >= 0.3 is 0 Å². The lowest BCUT2D eigenvalue weighted by molar-refractivity contribution is 0.652. The molecule has 1 unspecified atom stereocenters. The molecule has 1 aromatic carbocycles. The molecule has 1 aliphatic rings. The smallest absolute Gasteiger partial charge is 0.258 e. The van der Waals surface area contributed by atoms with Crippen LogP contribution in [0.3, 0.4) is 0 Å². The summed E-state index contributed by atoms with van der Waals surface area (Å²) in [5.74, 6) is 1.47. The molecule has 4 aromatic rings. The molecule has 1 aliphatic heterocycles. The average molecular weight is 332 g/mol. The van der Waals surface area contributed by atoms with Crippen molar-refractivity contribution >= 4 is 22.5 Å². The van der Waals surface area contributed by atoms with Crippen molar-refractivity contribution in [2.75, 3.05) is 11.4 Å². The second-order valence-electron chi connectivity index (χ2n) is 6.25. The molecule has 3 aromatic heterocycles. The van der Waals surface area contributed by atoms with E-state index in [2.05, 4.69) is 20.1 Å². The van der Waals surface area contributed by atoms with E-state index in [0.29, 0.717) is 11.2 Å². The number of rotatable bonds is 2. The van der Waals surface area contributed by atoms with Crippen molar-refractivity contribution in [2.24, 2.45) is 0 Å². The van der Waals surface area contributed by atoms with Crippen molar-refractivity contribution in [1.82, 2.24) is 24.6 Å². The number of nitrogens with one attached hydrogen (secondary N) is 1. The van der Waals surface area contributed by atoms with Crippen molar-refractivity contribution < 1.29 is 0 Å². The van der Waals surface area contributed by atoms with Crippen molar-refractivity contribution in [3.8, 4) is 0 Å². The Bertz CT molecular complexity index is 1130. The molecule has 0 radical (unpaired) electrons. The number of nitrogens with zero attached hydrogens (tertiary/aromatic N) is 5. The molecule has 1 N–H and O–H groups in total. The summed E-state index contributed by atoms with van der Waals surface area (Å²) in [6.07, 6.45) is 3.89. The van der Waals surface area contributed by atoms with Crippen molar-refractivity contribution in [1.29, 1.82) is 0 Å². The van der Waals surface area contributed by atoms with Crippen LogP contribution in [0.4, 0.5) is 5.95 Å². The molecule has 0 aliphatic carbocycles. The van der Waals surface area contributed by atoms with Crippen LogP contribution in [0.5, 0.6) is 0 Å². The molecule has 4 heterocycles. The van der Waals surface area contributed by atoms with Crippen LogP contribution in [0.2, 0.25) is 0 Å². The van der Waals surface area contributed by atoms with Crippen LogP contribution in [0.25, 0.3) is 16.6 Å². The standard InChI is InChI=1S/C18H16N6O/c25-17-12-6-1-2-7-13(12)19-16(20-17)14-8-5-11-23(14)18-22-21-15-9-3-4-10-24(15)18/h1-4,6-7,9-10,14H,5,8,11H2,(H,19,20,25).